The maximum atomic E-state index is 11.5. The molecule has 2 fully saturated rings. The lowest BCUT2D eigenvalue weighted by atomic mass is 9.54. The average Bonchev–Trinajstić information content (AvgIpc) is 3.34. The summed E-state index contributed by atoms with van der Waals surface area (Å²) in [5.74, 6) is 2.92. The van der Waals surface area contributed by atoms with Gasteiger partial charge in [-0.05, 0) is 53.7 Å². The minimum absolute atomic E-state index is 0.0159. The summed E-state index contributed by atoms with van der Waals surface area (Å²) in [6.45, 7) is 0.0926. The lowest BCUT2D eigenvalue weighted by Gasteiger charge is -2.50. The van der Waals surface area contributed by atoms with Gasteiger partial charge in [-0.3, -0.25) is 20.2 Å². The lowest BCUT2D eigenvalue weighted by Crippen LogP contribution is -2.40. The van der Waals surface area contributed by atoms with Crippen LogP contribution in [-0.4, -0.2) is 16.0 Å². The van der Waals surface area contributed by atoms with E-state index < -0.39 is 9.85 Å². The number of benzene rings is 2. The molecule has 5 aliphatic carbocycles. The van der Waals surface area contributed by atoms with E-state index in [4.69, 9.17) is 4.74 Å². The zero-order valence-corrected chi connectivity index (χ0v) is 16.8. The van der Waals surface area contributed by atoms with Crippen LogP contribution in [0.5, 0.6) is 0 Å². The Morgan fingerprint density at radius 3 is 2.03 bits per heavy atom. The molecule has 2 aromatic carbocycles. The molecule has 2 saturated carbocycles. The van der Waals surface area contributed by atoms with E-state index in [0.717, 1.165) is 6.07 Å². The lowest BCUT2D eigenvalue weighted by molar-refractivity contribution is -0.394. The summed E-state index contributed by atoms with van der Waals surface area (Å²) < 4.78 is 6.35. The van der Waals surface area contributed by atoms with Crippen LogP contribution >= 0.6 is 0 Å². The van der Waals surface area contributed by atoms with Crippen LogP contribution in [0.2, 0.25) is 0 Å². The van der Waals surface area contributed by atoms with E-state index in [9.17, 15) is 20.2 Å². The Morgan fingerprint density at radius 2 is 1.48 bits per heavy atom. The molecule has 0 aromatic heterocycles. The first-order valence-corrected chi connectivity index (χ1v) is 10.8. The SMILES string of the molecule is O=[N+]([O-])c1ccc(COC2[C@H]3C=C[C@H]2[C@H]2[C@H]3[C@@H]3CC[C@@H]2c2ccccc23)c([N+](=O)[O-])c1. The van der Waals surface area contributed by atoms with Gasteiger partial charge >= 0.3 is 0 Å². The molecule has 2 aromatic rings. The minimum atomic E-state index is -0.614. The molecule has 0 radical (unpaired) electrons. The van der Waals surface area contributed by atoms with E-state index in [2.05, 4.69) is 36.4 Å². The Labute approximate surface area is 179 Å². The number of nitro groups is 2. The Morgan fingerprint density at radius 1 is 0.871 bits per heavy atom. The maximum absolute atomic E-state index is 11.5. The summed E-state index contributed by atoms with van der Waals surface area (Å²) in [7, 11) is 0. The van der Waals surface area contributed by atoms with Crippen molar-refractivity contribution in [2.75, 3.05) is 0 Å². The van der Waals surface area contributed by atoms with E-state index in [1.807, 2.05) is 0 Å². The van der Waals surface area contributed by atoms with Crippen molar-refractivity contribution in [3.8, 4) is 0 Å². The fourth-order valence-corrected chi connectivity index (χ4v) is 7.04. The van der Waals surface area contributed by atoms with Crippen molar-refractivity contribution in [3.05, 3.63) is 91.5 Å². The van der Waals surface area contributed by atoms with Crippen LogP contribution in [0, 0.1) is 43.9 Å². The van der Waals surface area contributed by atoms with Gasteiger partial charge in [-0.25, -0.2) is 0 Å². The summed E-state index contributed by atoms with van der Waals surface area (Å²) in [6.07, 6.45) is 7.05. The molecule has 6 atom stereocenters. The van der Waals surface area contributed by atoms with Gasteiger partial charge < -0.3 is 4.74 Å². The van der Waals surface area contributed by atoms with Crippen molar-refractivity contribution in [2.45, 2.75) is 37.4 Å². The second kappa shape index (κ2) is 6.72. The molecule has 0 amide bonds. The van der Waals surface area contributed by atoms with Gasteiger partial charge in [0.1, 0.15) is 0 Å². The molecule has 0 heterocycles. The van der Waals surface area contributed by atoms with E-state index in [-0.39, 0.29) is 24.1 Å². The van der Waals surface area contributed by atoms with Gasteiger partial charge in [0.05, 0.1) is 34.2 Å². The third kappa shape index (κ3) is 2.62. The fraction of sp³-hybridized carbons (Fsp3) is 0.417. The zero-order chi connectivity index (χ0) is 21.3. The van der Waals surface area contributed by atoms with Gasteiger partial charge in [0.15, 0.2) is 0 Å². The van der Waals surface area contributed by atoms with Crippen molar-refractivity contribution in [1.82, 2.24) is 0 Å². The fourth-order valence-electron chi connectivity index (χ4n) is 7.04. The largest absolute Gasteiger partial charge is 0.372 e. The Hall–Kier alpha value is -3.06. The summed E-state index contributed by atoms with van der Waals surface area (Å²) in [5.41, 5.74) is 2.86. The maximum Gasteiger partial charge on any atom is 0.281 e. The first-order valence-electron chi connectivity index (χ1n) is 10.8. The van der Waals surface area contributed by atoms with E-state index in [0.29, 0.717) is 41.1 Å². The number of hydrogen-bond acceptors (Lipinski definition) is 5. The van der Waals surface area contributed by atoms with Crippen molar-refractivity contribution < 1.29 is 14.6 Å². The predicted octanol–water partition coefficient (Wildman–Crippen LogP) is 5.11. The number of fused-ring (bicyclic) bond motifs is 3. The Kier molecular flexibility index (Phi) is 4.05. The predicted molar refractivity (Wildman–Crippen MR) is 113 cm³/mol. The molecular weight excluding hydrogens is 396 g/mol. The molecule has 4 bridgehead atoms. The van der Waals surface area contributed by atoms with Crippen LogP contribution in [0.15, 0.2) is 54.6 Å². The van der Waals surface area contributed by atoms with Crippen LogP contribution in [0.4, 0.5) is 11.4 Å². The Bertz CT molecular complexity index is 1080. The van der Waals surface area contributed by atoms with Crippen molar-refractivity contribution in [2.24, 2.45) is 23.7 Å². The van der Waals surface area contributed by atoms with Gasteiger partial charge in [0.2, 0.25) is 0 Å². The summed E-state index contributed by atoms with van der Waals surface area (Å²) in [6, 6.07) is 12.6. The van der Waals surface area contributed by atoms with Gasteiger partial charge in [-0.15, -0.1) is 0 Å². The molecule has 5 aliphatic rings. The number of nitro benzene ring substituents is 2. The van der Waals surface area contributed by atoms with Gasteiger partial charge in [0, 0.05) is 17.9 Å². The number of non-ortho nitro benzene ring substituents is 1. The highest BCUT2D eigenvalue weighted by atomic mass is 16.6. The highest BCUT2D eigenvalue weighted by Crippen LogP contribution is 2.67. The molecule has 0 N–H and O–H groups in total. The summed E-state index contributed by atoms with van der Waals surface area (Å²) >= 11 is 0. The molecule has 31 heavy (non-hydrogen) atoms. The number of nitrogens with zero attached hydrogens (tertiary/aromatic N) is 2. The first kappa shape index (κ1) is 18.7. The van der Waals surface area contributed by atoms with Gasteiger partial charge in [-0.1, -0.05) is 36.4 Å². The second-order valence-corrected chi connectivity index (χ2v) is 9.22. The summed E-state index contributed by atoms with van der Waals surface area (Å²) in [4.78, 5) is 21.3. The molecule has 0 spiro atoms. The second-order valence-electron chi connectivity index (χ2n) is 9.22. The quantitative estimate of drug-likeness (QED) is 0.382. The minimum Gasteiger partial charge on any atom is -0.372 e. The van der Waals surface area contributed by atoms with E-state index in [1.54, 1.807) is 0 Å². The highest BCUT2D eigenvalue weighted by Gasteiger charge is 2.61. The standard InChI is InChI=1S/C24H22N2O5/c27-25(28)14-6-5-13(21(11-14)26(29)30)12-31-24-19-9-10-20(24)23-18-8-7-17(22(19)23)15-3-1-2-4-16(15)18/h1-6,9-11,17-20,22-24H,7-8,12H2/t17-,18-,19+,20+,22+,23+/m1/s1. The Balaban J connectivity index is 1.27. The highest BCUT2D eigenvalue weighted by molar-refractivity contribution is 5.49. The molecule has 158 valence electrons. The van der Waals surface area contributed by atoms with Crippen molar-refractivity contribution in [1.29, 1.82) is 0 Å². The molecule has 0 aliphatic heterocycles. The number of ether oxygens (including phenoxy) is 1. The first-order chi connectivity index (χ1) is 15.0. The van der Waals surface area contributed by atoms with Crippen LogP contribution in [0.3, 0.4) is 0 Å². The van der Waals surface area contributed by atoms with Crippen molar-refractivity contribution in [3.63, 3.8) is 0 Å². The smallest absolute Gasteiger partial charge is 0.281 e. The molecule has 0 unspecified atom stereocenters. The number of rotatable bonds is 5. The van der Waals surface area contributed by atoms with Gasteiger partial charge in [0.25, 0.3) is 11.4 Å². The molecular formula is C24H22N2O5. The third-order valence-electron chi connectivity index (χ3n) is 8.07. The molecule has 0 saturated heterocycles. The van der Waals surface area contributed by atoms with Gasteiger partial charge in [-0.2, -0.15) is 0 Å². The normalized spacial score (nSPS) is 33.9. The third-order valence-corrected chi connectivity index (χ3v) is 8.07. The summed E-state index contributed by atoms with van der Waals surface area (Å²) in [5, 5.41) is 22.5. The molecule has 7 nitrogen and oxygen atoms in total. The van der Waals surface area contributed by atoms with Crippen LogP contribution in [0.1, 0.15) is 41.4 Å². The van der Waals surface area contributed by atoms with Crippen LogP contribution in [-0.2, 0) is 11.3 Å². The van der Waals surface area contributed by atoms with E-state index in [1.165, 1.54) is 36.1 Å². The average molecular weight is 418 g/mol. The topological polar surface area (TPSA) is 95.5 Å². The number of hydrogen-bond donors (Lipinski definition) is 0. The molecule has 7 heteroatoms. The van der Waals surface area contributed by atoms with Crippen LogP contribution < -0.4 is 0 Å². The van der Waals surface area contributed by atoms with Crippen molar-refractivity contribution >= 4 is 11.4 Å². The zero-order valence-electron chi connectivity index (χ0n) is 16.8. The monoisotopic (exact) mass is 418 g/mol. The van der Waals surface area contributed by atoms with Crippen LogP contribution in [0.25, 0.3) is 0 Å². The van der Waals surface area contributed by atoms with E-state index >= 15 is 0 Å². The molecule has 7 rings (SSSR count).